The van der Waals surface area contributed by atoms with E-state index in [1.165, 1.54) is 0 Å². The normalized spacial score (nSPS) is 10.3. The van der Waals surface area contributed by atoms with Crippen molar-refractivity contribution in [2.75, 3.05) is 5.32 Å². The van der Waals surface area contributed by atoms with Gasteiger partial charge in [-0.15, -0.1) is 10.2 Å². The molecule has 0 spiro atoms. The molecule has 0 atom stereocenters. The topological polar surface area (TPSA) is 105 Å². The van der Waals surface area contributed by atoms with Gasteiger partial charge >= 0.3 is 5.97 Å². The van der Waals surface area contributed by atoms with Crippen LogP contribution >= 0.6 is 0 Å². The first-order valence-electron chi connectivity index (χ1n) is 6.53. The summed E-state index contributed by atoms with van der Waals surface area (Å²) in [6.07, 6.45) is 0.428. The highest BCUT2D eigenvalue weighted by Crippen LogP contribution is 2.20. The maximum atomic E-state index is 11.5. The van der Waals surface area contributed by atoms with E-state index < -0.39 is 5.97 Å². The Hall–Kier alpha value is -2.70. The van der Waals surface area contributed by atoms with Crippen LogP contribution in [0.15, 0.2) is 28.7 Å². The van der Waals surface area contributed by atoms with Gasteiger partial charge in [0, 0.05) is 24.1 Å². The monoisotopic (exact) mass is 289 g/mol. The number of carboxylic acids is 1. The van der Waals surface area contributed by atoms with Crippen LogP contribution in [0.4, 0.5) is 5.69 Å². The summed E-state index contributed by atoms with van der Waals surface area (Å²) in [5, 5.41) is 18.9. The highest BCUT2D eigenvalue weighted by atomic mass is 16.4. The van der Waals surface area contributed by atoms with Crippen molar-refractivity contribution in [3.8, 4) is 11.5 Å². The number of carbonyl (C=O) groups excluding carboxylic acids is 1. The second kappa shape index (κ2) is 6.65. The zero-order chi connectivity index (χ0) is 15.2. The molecular weight excluding hydrogens is 274 g/mol. The molecular formula is C14H15N3O4. The van der Waals surface area contributed by atoms with Crippen molar-refractivity contribution >= 4 is 17.6 Å². The van der Waals surface area contributed by atoms with Crippen molar-refractivity contribution in [3.05, 3.63) is 30.2 Å². The van der Waals surface area contributed by atoms with Crippen molar-refractivity contribution in [3.63, 3.8) is 0 Å². The number of hydrogen-bond donors (Lipinski definition) is 2. The van der Waals surface area contributed by atoms with Crippen molar-refractivity contribution < 1.29 is 19.1 Å². The molecule has 0 fully saturated rings. The van der Waals surface area contributed by atoms with Gasteiger partial charge in [-0.1, -0.05) is 6.92 Å². The molecule has 0 unspecified atom stereocenters. The first kappa shape index (κ1) is 14.7. The quantitative estimate of drug-likeness (QED) is 0.843. The molecule has 0 aliphatic heterocycles. The zero-order valence-electron chi connectivity index (χ0n) is 11.5. The Morgan fingerprint density at radius 3 is 2.48 bits per heavy atom. The standard InChI is InChI=1S/C14H15N3O4/c1-2-12-16-17-14(21-12)9-3-5-10(6-4-9)15-11(18)7-8-13(19)20/h3-6H,2,7-8H2,1H3,(H,15,18)(H,19,20). The maximum Gasteiger partial charge on any atom is 0.303 e. The number of rotatable bonds is 6. The number of anilines is 1. The van der Waals surface area contributed by atoms with E-state index in [9.17, 15) is 9.59 Å². The fraction of sp³-hybridized carbons (Fsp3) is 0.286. The van der Waals surface area contributed by atoms with E-state index in [1.54, 1.807) is 24.3 Å². The number of carboxylic acid groups (broad SMARTS) is 1. The predicted octanol–water partition coefficient (Wildman–Crippen LogP) is 2.10. The van der Waals surface area contributed by atoms with Gasteiger partial charge in [0.15, 0.2) is 0 Å². The molecule has 0 bridgehead atoms. The molecule has 21 heavy (non-hydrogen) atoms. The molecule has 2 rings (SSSR count). The van der Waals surface area contributed by atoms with Gasteiger partial charge in [-0.2, -0.15) is 0 Å². The second-order valence-corrected chi connectivity index (χ2v) is 4.37. The molecule has 0 aliphatic carbocycles. The van der Waals surface area contributed by atoms with Crippen molar-refractivity contribution in [1.82, 2.24) is 10.2 Å². The molecule has 2 aromatic rings. The number of nitrogens with one attached hydrogen (secondary N) is 1. The number of aryl methyl sites for hydroxylation is 1. The third-order valence-electron chi connectivity index (χ3n) is 2.75. The van der Waals surface area contributed by atoms with E-state index in [0.29, 0.717) is 23.9 Å². The molecule has 0 saturated carbocycles. The van der Waals surface area contributed by atoms with Gasteiger partial charge in [-0.05, 0) is 24.3 Å². The van der Waals surface area contributed by atoms with Crippen molar-refractivity contribution in [2.45, 2.75) is 26.2 Å². The third kappa shape index (κ3) is 4.13. The lowest BCUT2D eigenvalue weighted by Crippen LogP contribution is -2.13. The summed E-state index contributed by atoms with van der Waals surface area (Å²) in [7, 11) is 0. The lowest BCUT2D eigenvalue weighted by atomic mass is 10.2. The van der Waals surface area contributed by atoms with Gasteiger partial charge in [-0.3, -0.25) is 9.59 Å². The maximum absolute atomic E-state index is 11.5. The minimum Gasteiger partial charge on any atom is -0.481 e. The van der Waals surface area contributed by atoms with Gasteiger partial charge in [0.2, 0.25) is 17.7 Å². The first-order chi connectivity index (χ1) is 10.1. The molecule has 2 N–H and O–H groups in total. The van der Waals surface area contributed by atoms with Crippen LogP contribution in [0.1, 0.15) is 25.7 Å². The molecule has 0 radical (unpaired) electrons. The summed E-state index contributed by atoms with van der Waals surface area (Å²) >= 11 is 0. The van der Waals surface area contributed by atoms with Crippen LogP contribution in [0.2, 0.25) is 0 Å². The number of benzene rings is 1. The van der Waals surface area contributed by atoms with E-state index >= 15 is 0 Å². The first-order valence-corrected chi connectivity index (χ1v) is 6.53. The molecule has 1 heterocycles. The smallest absolute Gasteiger partial charge is 0.303 e. The van der Waals surface area contributed by atoms with Gasteiger partial charge < -0.3 is 14.8 Å². The van der Waals surface area contributed by atoms with Crippen molar-refractivity contribution in [1.29, 1.82) is 0 Å². The van der Waals surface area contributed by atoms with E-state index in [0.717, 1.165) is 5.56 Å². The Kier molecular flexibility index (Phi) is 4.65. The molecule has 0 aliphatic rings. The van der Waals surface area contributed by atoms with E-state index in [-0.39, 0.29) is 18.7 Å². The minimum absolute atomic E-state index is 0.0550. The summed E-state index contributed by atoms with van der Waals surface area (Å²) in [5.74, 6) is -0.341. The largest absolute Gasteiger partial charge is 0.481 e. The molecule has 1 amide bonds. The van der Waals surface area contributed by atoms with Gasteiger partial charge in [0.1, 0.15) is 0 Å². The highest BCUT2D eigenvalue weighted by molar-refractivity contribution is 5.92. The number of amides is 1. The fourth-order valence-electron chi connectivity index (χ4n) is 1.65. The minimum atomic E-state index is -0.997. The van der Waals surface area contributed by atoms with Crippen LogP contribution in [0, 0.1) is 0 Å². The Bertz CT molecular complexity index is 634. The van der Waals surface area contributed by atoms with Gasteiger partial charge in [0.05, 0.1) is 6.42 Å². The number of carbonyl (C=O) groups is 2. The van der Waals surface area contributed by atoms with Gasteiger partial charge in [-0.25, -0.2) is 0 Å². The SMILES string of the molecule is CCc1nnc(-c2ccc(NC(=O)CCC(=O)O)cc2)o1. The number of hydrogen-bond acceptors (Lipinski definition) is 5. The number of aromatic nitrogens is 2. The summed E-state index contributed by atoms with van der Waals surface area (Å²) < 4.78 is 5.43. The molecule has 1 aromatic heterocycles. The molecule has 7 heteroatoms. The van der Waals surface area contributed by atoms with Crippen LogP contribution in [0.3, 0.4) is 0 Å². The number of nitrogens with zero attached hydrogens (tertiary/aromatic N) is 2. The Morgan fingerprint density at radius 1 is 1.19 bits per heavy atom. The van der Waals surface area contributed by atoms with E-state index in [2.05, 4.69) is 15.5 Å². The highest BCUT2D eigenvalue weighted by Gasteiger charge is 2.08. The van der Waals surface area contributed by atoms with Crippen LogP contribution in [-0.4, -0.2) is 27.2 Å². The Balaban J connectivity index is 1.98. The summed E-state index contributed by atoms with van der Waals surface area (Å²) in [6.45, 7) is 1.92. The molecule has 0 saturated heterocycles. The number of aliphatic carboxylic acids is 1. The van der Waals surface area contributed by atoms with E-state index in [1.807, 2.05) is 6.92 Å². The fourth-order valence-corrected chi connectivity index (χ4v) is 1.65. The van der Waals surface area contributed by atoms with Crippen LogP contribution in [-0.2, 0) is 16.0 Å². The molecule has 7 nitrogen and oxygen atoms in total. The van der Waals surface area contributed by atoms with Crippen LogP contribution in [0.25, 0.3) is 11.5 Å². The van der Waals surface area contributed by atoms with E-state index in [4.69, 9.17) is 9.52 Å². The Labute approximate surface area is 121 Å². The molecule has 1 aromatic carbocycles. The predicted molar refractivity (Wildman–Crippen MR) is 74.6 cm³/mol. The van der Waals surface area contributed by atoms with Crippen LogP contribution < -0.4 is 5.32 Å². The summed E-state index contributed by atoms with van der Waals surface area (Å²) in [4.78, 5) is 21.9. The lowest BCUT2D eigenvalue weighted by molar-refractivity contribution is -0.138. The lowest BCUT2D eigenvalue weighted by Gasteiger charge is -2.04. The average molecular weight is 289 g/mol. The zero-order valence-corrected chi connectivity index (χ0v) is 11.5. The summed E-state index contributed by atoms with van der Waals surface area (Å²) in [5.41, 5.74) is 1.34. The van der Waals surface area contributed by atoms with Crippen molar-refractivity contribution in [2.24, 2.45) is 0 Å². The summed E-state index contributed by atoms with van der Waals surface area (Å²) in [6, 6.07) is 6.90. The average Bonchev–Trinajstić information content (AvgIpc) is 2.95. The van der Waals surface area contributed by atoms with Crippen LogP contribution in [0.5, 0.6) is 0 Å². The molecule has 110 valence electrons. The Morgan fingerprint density at radius 2 is 1.90 bits per heavy atom. The second-order valence-electron chi connectivity index (χ2n) is 4.37. The third-order valence-corrected chi connectivity index (χ3v) is 2.75. The van der Waals surface area contributed by atoms with Gasteiger partial charge in [0.25, 0.3) is 0 Å².